The second-order valence-electron chi connectivity index (χ2n) is 3.12. The second-order valence-corrected chi connectivity index (χ2v) is 4.04. The Bertz CT molecular complexity index is 541. The molecule has 0 unspecified atom stereocenters. The number of rotatable bonds is 3. The number of pyridine rings is 1. The van der Waals surface area contributed by atoms with E-state index in [-0.39, 0.29) is 5.82 Å². The van der Waals surface area contributed by atoms with Gasteiger partial charge in [-0.25, -0.2) is 9.78 Å². The molecular weight excluding hydrogens is 288 g/mol. The number of nitrogens with zero attached hydrogens (tertiary/aromatic N) is 3. The number of ether oxygens (including phenoxy) is 1. The lowest BCUT2D eigenvalue weighted by Crippen LogP contribution is -2.06. The van der Waals surface area contributed by atoms with Crippen LogP contribution in [0.15, 0.2) is 22.9 Å². The number of aromatic nitrogens is 4. The molecule has 0 spiro atoms. The van der Waals surface area contributed by atoms with Gasteiger partial charge >= 0.3 is 5.97 Å². The molecule has 0 aliphatic rings. The molecule has 0 amide bonds. The molecule has 2 rings (SSSR count). The van der Waals surface area contributed by atoms with E-state index in [0.29, 0.717) is 18.0 Å². The topological polar surface area (TPSA) is 80.8 Å². The van der Waals surface area contributed by atoms with Crippen LogP contribution >= 0.6 is 15.9 Å². The van der Waals surface area contributed by atoms with Crippen molar-refractivity contribution in [1.82, 2.24) is 20.2 Å². The molecule has 0 radical (unpaired) electrons. The van der Waals surface area contributed by atoms with Crippen LogP contribution in [0.4, 0.5) is 0 Å². The molecule has 0 saturated heterocycles. The maximum absolute atomic E-state index is 11.4. The lowest BCUT2D eigenvalue weighted by molar-refractivity contribution is 0.0512. The van der Waals surface area contributed by atoms with Crippen molar-refractivity contribution in [3.8, 4) is 11.4 Å². The first-order valence-electron chi connectivity index (χ1n) is 4.91. The van der Waals surface area contributed by atoms with Crippen LogP contribution in [0.1, 0.15) is 17.5 Å². The summed E-state index contributed by atoms with van der Waals surface area (Å²) in [6.07, 6.45) is 3.27. The van der Waals surface area contributed by atoms with Crippen LogP contribution in [-0.2, 0) is 4.74 Å². The number of hydrogen-bond donors (Lipinski definition) is 1. The molecule has 0 aliphatic heterocycles. The maximum Gasteiger partial charge on any atom is 0.375 e. The summed E-state index contributed by atoms with van der Waals surface area (Å²) in [6, 6.07) is 1.81. The third kappa shape index (κ3) is 2.68. The van der Waals surface area contributed by atoms with Gasteiger partial charge in [-0.15, -0.1) is 0 Å². The van der Waals surface area contributed by atoms with E-state index in [4.69, 9.17) is 4.74 Å². The Morgan fingerprint density at radius 1 is 1.53 bits per heavy atom. The van der Waals surface area contributed by atoms with E-state index >= 15 is 0 Å². The molecule has 88 valence electrons. The molecule has 17 heavy (non-hydrogen) atoms. The van der Waals surface area contributed by atoms with Gasteiger partial charge in [-0.05, 0) is 28.9 Å². The number of carbonyl (C=O) groups is 1. The molecule has 0 bridgehead atoms. The Morgan fingerprint density at radius 2 is 2.35 bits per heavy atom. The molecule has 6 nitrogen and oxygen atoms in total. The number of H-pyrrole nitrogens is 1. The summed E-state index contributed by atoms with van der Waals surface area (Å²) >= 11 is 3.30. The maximum atomic E-state index is 11.4. The first-order chi connectivity index (χ1) is 8.20. The van der Waals surface area contributed by atoms with Crippen molar-refractivity contribution in [2.45, 2.75) is 6.92 Å². The van der Waals surface area contributed by atoms with Gasteiger partial charge in [0.2, 0.25) is 5.82 Å². The van der Waals surface area contributed by atoms with Crippen molar-refractivity contribution < 1.29 is 9.53 Å². The lowest BCUT2D eigenvalue weighted by Gasteiger charge is -1.95. The predicted molar refractivity (Wildman–Crippen MR) is 63.3 cm³/mol. The van der Waals surface area contributed by atoms with Crippen molar-refractivity contribution >= 4 is 21.9 Å². The number of hydrogen-bond acceptors (Lipinski definition) is 5. The van der Waals surface area contributed by atoms with Crippen molar-refractivity contribution in [2.75, 3.05) is 6.61 Å². The summed E-state index contributed by atoms with van der Waals surface area (Å²) in [5.74, 6) is -0.0297. The summed E-state index contributed by atoms with van der Waals surface area (Å²) < 4.78 is 5.62. The van der Waals surface area contributed by atoms with Crippen LogP contribution in [0.25, 0.3) is 11.4 Å². The van der Waals surface area contributed by atoms with Gasteiger partial charge in [-0.3, -0.25) is 10.1 Å². The number of esters is 1. The van der Waals surface area contributed by atoms with Gasteiger partial charge < -0.3 is 4.74 Å². The summed E-state index contributed by atoms with van der Waals surface area (Å²) in [6.45, 7) is 2.03. The Balaban J connectivity index is 2.27. The van der Waals surface area contributed by atoms with Gasteiger partial charge in [0, 0.05) is 22.4 Å². The highest BCUT2D eigenvalue weighted by molar-refractivity contribution is 9.10. The van der Waals surface area contributed by atoms with Gasteiger partial charge in [0.25, 0.3) is 0 Å². The highest BCUT2D eigenvalue weighted by Gasteiger charge is 2.13. The zero-order valence-electron chi connectivity index (χ0n) is 8.98. The largest absolute Gasteiger partial charge is 0.460 e. The van der Waals surface area contributed by atoms with Crippen molar-refractivity contribution in [2.24, 2.45) is 0 Å². The van der Waals surface area contributed by atoms with Gasteiger partial charge in [0.15, 0.2) is 5.82 Å². The van der Waals surface area contributed by atoms with Gasteiger partial charge in [-0.1, -0.05) is 0 Å². The molecular formula is C10H9BrN4O2. The normalized spacial score (nSPS) is 10.2. The van der Waals surface area contributed by atoms with Gasteiger partial charge in [-0.2, -0.15) is 5.10 Å². The smallest absolute Gasteiger partial charge is 0.375 e. The SMILES string of the molecule is CCOC(=O)c1nc(-c2cncc(Br)c2)n[nH]1. The average molecular weight is 297 g/mol. The first kappa shape index (κ1) is 11.7. The van der Waals surface area contributed by atoms with Crippen LogP contribution in [0, 0.1) is 0 Å². The van der Waals surface area contributed by atoms with Gasteiger partial charge in [0.1, 0.15) is 0 Å². The minimum atomic E-state index is -0.519. The lowest BCUT2D eigenvalue weighted by atomic mass is 10.3. The van der Waals surface area contributed by atoms with E-state index in [1.54, 1.807) is 19.3 Å². The Hall–Kier alpha value is -1.76. The Morgan fingerprint density at radius 3 is 3.06 bits per heavy atom. The monoisotopic (exact) mass is 296 g/mol. The van der Waals surface area contributed by atoms with E-state index in [1.165, 1.54) is 0 Å². The van der Waals surface area contributed by atoms with E-state index in [0.717, 1.165) is 4.47 Å². The third-order valence-corrected chi connectivity index (χ3v) is 2.35. The van der Waals surface area contributed by atoms with Crippen molar-refractivity contribution in [3.05, 3.63) is 28.8 Å². The van der Waals surface area contributed by atoms with Crippen LogP contribution in [0.5, 0.6) is 0 Å². The average Bonchev–Trinajstić information content (AvgIpc) is 2.78. The molecule has 0 fully saturated rings. The number of aromatic amines is 1. The molecule has 2 aromatic heterocycles. The number of nitrogens with one attached hydrogen (secondary N) is 1. The zero-order chi connectivity index (χ0) is 12.3. The predicted octanol–water partition coefficient (Wildman–Crippen LogP) is 1.81. The van der Waals surface area contributed by atoms with E-state index in [1.807, 2.05) is 6.07 Å². The van der Waals surface area contributed by atoms with Crippen LogP contribution in [0.3, 0.4) is 0 Å². The zero-order valence-corrected chi connectivity index (χ0v) is 10.6. The molecule has 0 aromatic carbocycles. The minimum Gasteiger partial charge on any atom is -0.460 e. The number of halogens is 1. The number of carbonyl (C=O) groups excluding carboxylic acids is 1. The molecule has 0 atom stereocenters. The van der Waals surface area contributed by atoms with Crippen molar-refractivity contribution in [1.29, 1.82) is 0 Å². The fourth-order valence-electron chi connectivity index (χ4n) is 1.22. The summed E-state index contributed by atoms with van der Waals surface area (Å²) in [5.41, 5.74) is 0.714. The summed E-state index contributed by atoms with van der Waals surface area (Å²) in [5, 5.41) is 6.46. The summed E-state index contributed by atoms with van der Waals surface area (Å²) in [7, 11) is 0. The highest BCUT2D eigenvalue weighted by Crippen LogP contribution is 2.18. The van der Waals surface area contributed by atoms with Gasteiger partial charge in [0.05, 0.1) is 6.61 Å². The highest BCUT2D eigenvalue weighted by atomic mass is 79.9. The summed E-state index contributed by atoms with van der Waals surface area (Å²) in [4.78, 5) is 19.4. The quantitative estimate of drug-likeness (QED) is 0.874. The molecule has 2 aromatic rings. The third-order valence-electron chi connectivity index (χ3n) is 1.92. The standard InChI is InChI=1S/C10H9BrN4O2/c1-2-17-10(16)9-13-8(14-15-9)6-3-7(11)5-12-4-6/h3-5H,2H2,1H3,(H,13,14,15). The van der Waals surface area contributed by atoms with E-state index in [2.05, 4.69) is 36.1 Å². The molecule has 1 N–H and O–H groups in total. The van der Waals surface area contributed by atoms with E-state index < -0.39 is 5.97 Å². The molecule has 7 heteroatoms. The van der Waals surface area contributed by atoms with Crippen molar-refractivity contribution in [3.63, 3.8) is 0 Å². The molecule has 0 aliphatic carbocycles. The van der Waals surface area contributed by atoms with Crippen LogP contribution in [-0.4, -0.2) is 32.7 Å². The first-order valence-corrected chi connectivity index (χ1v) is 5.70. The Kier molecular flexibility index (Phi) is 3.48. The van der Waals surface area contributed by atoms with Crippen LogP contribution < -0.4 is 0 Å². The molecule has 2 heterocycles. The minimum absolute atomic E-state index is 0.0850. The fraction of sp³-hybridized carbons (Fsp3) is 0.200. The van der Waals surface area contributed by atoms with Crippen LogP contribution in [0.2, 0.25) is 0 Å². The molecule has 0 saturated carbocycles. The Labute approximate surface area is 106 Å². The second kappa shape index (κ2) is 5.05. The van der Waals surface area contributed by atoms with E-state index in [9.17, 15) is 4.79 Å². The fourth-order valence-corrected chi connectivity index (χ4v) is 1.58.